The van der Waals surface area contributed by atoms with Crippen LogP contribution in [0.5, 0.6) is 0 Å². The molecular formula is C20H30O6. The predicted molar refractivity (Wildman–Crippen MR) is 93.0 cm³/mol. The van der Waals surface area contributed by atoms with Crippen LogP contribution in [0, 0.1) is 17.3 Å². The third-order valence-corrected chi connectivity index (χ3v) is 8.36. The molecule has 6 nitrogen and oxygen atoms in total. The van der Waals surface area contributed by atoms with E-state index >= 15 is 0 Å². The summed E-state index contributed by atoms with van der Waals surface area (Å²) in [6, 6.07) is 0. The van der Waals surface area contributed by atoms with Gasteiger partial charge in [-0.2, -0.15) is 0 Å². The van der Waals surface area contributed by atoms with Crippen LogP contribution in [0.25, 0.3) is 0 Å². The van der Waals surface area contributed by atoms with Gasteiger partial charge < -0.3 is 25.2 Å². The second-order valence-corrected chi connectivity index (χ2v) is 9.42. The number of cyclic esters (lactones) is 1. The molecule has 0 amide bonds. The lowest BCUT2D eigenvalue weighted by Crippen LogP contribution is -2.79. The molecule has 1 heterocycles. The van der Waals surface area contributed by atoms with Crippen LogP contribution in [-0.4, -0.2) is 55.9 Å². The maximum Gasteiger partial charge on any atom is 0.334 e. The number of esters is 1. The highest BCUT2D eigenvalue weighted by molar-refractivity contribution is 5.92. The van der Waals surface area contributed by atoms with Crippen LogP contribution >= 0.6 is 0 Å². The van der Waals surface area contributed by atoms with Crippen molar-refractivity contribution in [3.8, 4) is 0 Å². The Kier molecular flexibility index (Phi) is 3.76. The highest BCUT2D eigenvalue weighted by atomic mass is 16.5. The van der Waals surface area contributed by atoms with Gasteiger partial charge in [0.05, 0.1) is 5.60 Å². The molecule has 4 N–H and O–H groups in total. The first-order chi connectivity index (χ1) is 12.0. The van der Waals surface area contributed by atoms with Gasteiger partial charge in [0.15, 0.2) is 0 Å². The molecule has 1 aliphatic heterocycles. The number of hydrogen-bond donors (Lipinski definition) is 4. The summed E-state index contributed by atoms with van der Waals surface area (Å²) in [5.41, 5.74) is -3.69. The van der Waals surface area contributed by atoms with Crippen molar-refractivity contribution < 1.29 is 30.0 Å². The van der Waals surface area contributed by atoms with E-state index in [-0.39, 0.29) is 43.7 Å². The van der Waals surface area contributed by atoms with E-state index in [2.05, 4.69) is 0 Å². The molecule has 2 saturated carbocycles. The lowest BCUT2D eigenvalue weighted by atomic mass is 9.42. The molecule has 0 spiro atoms. The lowest BCUT2D eigenvalue weighted by Gasteiger charge is -2.67. The molecule has 1 unspecified atom stereocenters. The minimum Gasteiger partial charge on any atom is -0.458 e. The molecule has 0 saturated heterocycles. The van der Waals surface area contributed by atoms with Crippen molar-refractivity contribution in [1.29, 1.82) is 0 Å². The highest BCUT2D eigenvalue weighted by Gasteiger charge is 2.73. The number of carbonyl (C=O) groups excluding carboxylic acids is 1. The molecule has 0 radical (unpaired) electrons. The summed E-state index contributed by atoms with van der Waals surface area (Å²) in [5, 5.41) is 45.3. The van der Waals surface area contributed by atoms with Crippen LogP contribution in [0.15, 0.2) is 11.1 Å². The van der Waals surface area contributed by atoms with Gasteiger partial charge in [-0.25, -0.2) is 4.79 Å². The quantitative estimate of drug-likeness (QED) is 0.517. The van der Waals surface area contributed by atoms with Crippen molar-refractivity contribution >= 4 is 5.97 Å². The average molecular weight is 366 g/mol. The number of fused-ring (bicyclic) bond motifs is 4. The van der Waals surface area contributed by atoms with Gasteiger partial charge in [-0.3, -0.25) is 0 Å². The molecule has 26 heavy (non-hydrogen) atoms. The Morgan fingerprint density at radius 2 is 1.81 bits per heavy atom. The first-order valence-corrected chi connectivity index (χ1v) is 9.75. The molecule has 0 bridgehead atoms. The van der Waals surface area contributed by atoms with E-state index in [0.29, 0.717) is 19.3 Å². The molecular weight excluding hydrogens is 336 g/mol. The van der Waals surface area contributed by atoms with E-state index in [1.165, 1.54) is 0 Å². The van der Waals surface area contributed by atoms with E-state index < -0.39 is 28.3 Å². The lowest BCUT2D eigenvalue weighted by molar-refractivity contribution is -0.338. The topological polar surface area (TPSA) is 107 Å². The molecule has 6 atom stereocenters. The largest absolute Gasteiger partial charge is 0.458 e. The van der Waals surface area contributed by atoms with Crippen LogP contribution < -0.4 is 0 Å². The fourth-order valence-corrected chi connectivity index (χ4v) is 6.42. The van der Waals surface area contributed by atoms with Crippen molar-refractivity contribution in [3.63, 3.8) is 0 Å². The third-order valence-electron chi connectivity index (χ3n) is 8.36. The first kappa shape index (κ1) is 18.4. The first-order valence-electron chi connectivity index (χ1n) is 9.75. The number of hydrogen-bond acceptors (Lipinski definition) is 6. The minimum absolute atomic E-state index is 0.0552. The number of carbonyl (C=O) groups is 1. The van der Waals surface area contributed by atoms with E-state index in [4.69, 9.17) is 4.74 Å². The van der Waals surface area contributed by atoms with Crippen molar-refractivity contribution in [1.82, 2.24) is 0 Å². The fourth-order valence-electron chi connectivity index (χ4n) is 6.42. The summed E-state index contributed by atoms with van der Waals surface area (Å²) in [4.78, 5) is 12.0. The van der Waals surface area contributed by atoms with Gasteiger partial charge in [0, 0.05) is 11.0 Å². The van der Waals surface area contributed by atoms with Gasteiger partial charge in [-0.05, 0) is 55.9 Å². The third kappa shape index (κ3) is 1.89. The predicted octanol–water partition coefficient (Wildman–Crippen LogP) is 1.05. The Hall–Kier alpha value is -0.950. The molecule has 0 aromatic rings. The fraction of sp³-hybridized carbons (Fsp3) is 0.850. The van der Waals surface area contributed by atoms with Crippen LogP contribution in [0.4, 0.5) is 0 Å². The maximum absolute atomic E-state index is 12.0. The average Bonchev–Trinajstić information content (AvgIpc) is 2.96. The number of aliphatic hydroxyl groups is 4. The molecule has 4 rings (SSSR count). The van der Waals surface area contributed by atoms with Crippen molar-refractivity contribution in [3.05, 3.63) is 11.1 Å². The molecule has 6 heteroatoms. The Labute approximate surface area is 153 Å². The monoisotopic (exact) mass is 366 g/mol. The summed E-state index contributed by atoms with van der Waals surface area (Å²) < 4.78 is 5.23. The Morgan fingerprint density at radius 3 is 2.46 bits per heavy atom. The summed E-state index contributed by atoms with van der Waals surface area (Å²) in [6.45, 7) is 5.87. The number of aliphatic hydroxyl groups excluding tert-OH is 1. The normalized spacial score (nSPS) is 51.0. The molecule has 0 aromatic heterocycles. The van der Waals surface area contributed by atoms with Gasteiger partial charge in [0.25, 0.3) is 0 Å². The summed E-state index contributed by atoms with van der Waals surface area (Å²) in [6.07, 6.45) is 0.847. The molecule has 4 aliphatic rings. The summed E-state index contributed by atoms with van der Waals surface area (Å²) in [7, 11) is 0. The Balaban J connectivity index is 1.79. The highest BCUT2D eigenvalue weighted by Crippen LogP contribution is 2.65. The second kappa shape index (κ2) is 5.31. The molecule has 146 valence electrons. The van der Waals surface area contributed by atoms with E-state index in [1.54, 1.807) is 0 Å². The minimum atomic E-state index is -1.77. The molecule has 0 aromatic carbocycles. The number of rotatable bonds is 1. The smallest absolute Gasteiger partial charge is 0.334 e. The maximum atomic E-state index is 12.0. The van der Waals surface area contributed by atoms with Crippen molar-refractivity contribution in [2.45, 2.75) is 82.2 Å². The molecule has 2 fully saturated rings. The van der Waals surface area contributed by atoms with Gasteiger partial charge in [-0.15, -0.1) is 0 Å². The number of ether oxygens (including phenoxy) is 1. The van der Waals surface area contributed by atoms with Gasteiger partial charge >= 0.3 is 5.97 Å². The van der Waals surface area contributed by atoms with E-state index in [0.717, 1.165) is 11.1 Å². The van der Waals surface area contributed by atoms with Crippen molar-refractivity contribution in [2.24, 2.45) is 17.3 Å². The zero-order valence-electron chi connectivity index (χ0n) is 15.8. The molecule has 3 aliphatic carbocycles. The SMILES string of the molecule is CC(C)[C@@]1(O)CC[C@@]2(O)[C@@]3(C)CCC4=C(COC4=O)C3CC[C@@]2(O)[C@@H]1O. The van der Waals surface area contributed by atoms with Gasteiger partial charge in [-0.1, -0.05) is 20.8 Å². The van der Waals surface area contributed by atoms with Crippen LogP contribution in [0.2, 0.25) is 0 Å². The van der Waals surface area contributed by atoms with E-state index in [9.17, 15) is 25.2 Å². The van der Waals surface area contributed by atoms with E-state index in [1.807, 2.05) is 20.8 Å². The zero-order chi connectivity index (χ0) is 19.1. The van der Waals surface area contributed by atoms with Crippen LogP contribution in [0.3, 0.4) is 0 Å². The zero-order valence-corrected chi connectivity index (χ0v) is 15.8. The second-order valence-electron chi connectivity index (χ2n) is 9.42. The standard InChI is InChI=1S/C20H30O6/c1-11(2)18(23)8-9-20(25)17(3)6-4-12-13(10-26-15(12)21)14(17)5-7-19(20,24)16(18)22/h11,14,16,22-25H,4-10H2,1-3H3/t14?,16-,17+,18+,19-,20-/m1/s1. The summed E-state index contributed by atoms with van der Waals surface area (Å²) >= 11 is 0. The Bertz CT molecular complexity index is 686. The summed E-state index contributed by atoms with van der Waals surface area (Å²) in [5.74, 6) is -0.550. The van der Waals surface area contributed by atoms with Crippen LogP contribution in [0.1, 0.15) is 59.3 Å². The van der Waals surface area contributed by atoms with Crippen molar-refractivity contribution in [2.75, 3.05) is 6.61 Å². The van der Waals surface area contributed by atoms with Gasteiger partial charge in [0.2, 0.25) is 0 Å². The Morgan fingerprint density at radius 1 is 1.12 bits per heavy atom. The van der Waals surface area contributed by atoms with Crippen LogP contribution in [-0.2, 0) is 9.53 Å². The van der Waals surface area contributed by atoms with Gasteiger partial charge in [0.1, 0.15) is 23.9 Å².